The summed E-state index contributed by atoms with van der Waals surface area (Å²) >= 11 is 3.93. The molecule has 0 saturated heterocycles. The van der Waals surface area contributed by atoms with E-state index in [9.17, 15) is 18.8 Å². The minimum atomic E-state index is -0.621. The van der Waals surface area contributed by atoms with Crippen molar-refractivity contribution in [1.82, 2.24) is 9.55 Å². The van der Waals surface area contributed by atoms with Crippen molar-refractivity contribution in [3.63, 3.8) is 0 Å². The van der Waals surface area contributed by atoms with Crippen molar-refractivity contribution in [3.05, 3.63) is 53.0 Å². The van der Waals surface area contributed by atoms with Gasteiger partial charge in [-0.25, -0.2) is 14.2 Å². The zero-order chi connectivity index (χ0) is 17.5. The summed E-state index contributed by atoms with van der Waals surface area (Å²) in [6.45, 7) is -0.231. The molecule has 24 heavy (non-hydrogen) atoms. The van der Waals surface area contributed by atoms with Gasteiger partial charge in [-0.05, 0) is 30.0 Å². The molecule has 2 rings (SSSR count). The summed E-state index contributed by atoms with van der Waals surface area (Å²) in [5.74, 6) is -1.15. The quantitative estimate of drug-likeness (QED) is 0.684. The molecule has 0 radical (unpaired) electrons. The second-order valence-corrected chi connectivity index (χ2v) is 5.24. The third-order valence-corrected chi connectivity index (χ3v) is 3.18. The summed E-state index contributed by atoms with van der Waals surface area (Å²) in [5, 5.41) is 4.94. The second-order valence-electron chi connectivity index (χ2n) is 4.79. The molecule has 0 aliphatic carbocycles. The topological polar surface area (TPSA) is 93.1 Å². The molecule has 2 amide bonds. The lowest BCUT2D eigenvalue weighted by atomic mass is 10.2. The van der Waals surface area contributed by atoms with Gasteiger partial charge in [0.1, 0.15) is 12.4 Å². The first-order valence-electron chi connectivity index (χ1n) is 7.01. The number of carbonyl (C=O) groups is 2. The van der Waals surface area contributed by atoms with Gasteiger partial charge < -0.3 is 10.6 Å². The van der Waals surface area contributed by atoms with E-state index in [-0.39, 0.29) is 24.6 Å². The van der Waals surface area contributed by atoms with E-state index < -0.39 is 17.4 Å². The van der Waals surface area contributed by atoms with Gasteiger partial charge in [0.15, 0.2) is 0 Å². The van der Waals surface area contributed by atoms with Crippen LogP contribution in [0.25, 0.3) is 0 Å². The Bertz CT molecular complexity index is 809. The number of carbonyl (C=O) groups excluding carboxylic acids is 2. The lowest BCUT2D eigenvalue weighted by molar-refractivity contribution is -0.117. The van der Waals surface area contributed by atoms with Gasteiger partial charge >= 0.3 is 5.69 Å². The SMILES string of the molecule is O=C(Cn1cccnc1=O)Nc1ccc(F)c(NC(=O)CCS)c1. The number of aromatic nitrogens is 2. The molecule has 1 aromatic heterocycles. The van der Waals surface area contributed by atoms with Gasteiger partial charge in [-0.15, -0.1) is 0 Å². The number of rotatable bonds is 6. The zero-order valence-electron chi connectivity index (χ0n) is 12.5. The standard InChI is InChI=1S/C15H15FN4O3S/c16-11-3-2-10(8-12(11)19-13(21)4-7-24)18-14(22)9-20-6-1-5-17-15(20)23/h1-3,5-6,8,24H,4,7,9H2,(H,18,22)(H,19,21). The first-order valence-corrected chi connectivity index (χ1v) is 7.64. The summed E-state index contributed by atoms with van der Waals surface area (Å²) < 4.78 is 14.8. The second kappa shape index (κ2) is 8.25. The lowest BCUT2D eigenvalue weighted by Crippen LogP contribution is -2.28. The fourth-order valence-electron chi connectivity index (χ4n) is 1.88. The van der Waals surface area contributed by atoms with Crippen molar-refractivity contribution in [1.29, 1.82) is 0 Å². The first kappa shape index (κ1) is 17.7. The predicted molar refractivity (Wildman–Crippen MR) is 90.6 cm³/mol. The Kier molecular flexibility index (Phi) is 6.07. The van der Waals surface area contributed by atoms with Crippen LogP contribution in [0.5, 0.6) is 0 Å². The van der Waals surface area contributed by atoms with E-state index in [1.165, 1.54) is 30.6 Å². The molecular formula is C15H15FN4O3S. The molecule has 0 aliphatic rings. The highest BCUT2D eigenvalue weighted by atomic mass is 32.1. The molecule has 9 heteroatoms. The number of benzene rings is 1. The van der Waals surface area contributed by atoms with E-state index in [4.69, 9.17) is 0 Å². The van der Waals surface area contributed by atoms with Crippen molar-refractivity contribution in [3.8, 4) is 0 Å². The van der Waals surface area contributed by atoms with Crippen LogP contribution < -0.4 is 16.3 Å². The van der Waals surface area contributed by atoms with E-state index in [2.05, 4.69) is 28.2 Å². The summed E-state index contributed by atoms with van der Waals surface area (Å²) in [4.78, 5) is 38.5. The highest BCUT2D eigenvalue weighted by Crippen LogP contribution is 2.20. The molecule has 0 spiro atoms. The Labute approximate surface area is 142 Å². The van der Waals surface area contributed by atoms with Crippen LogP contribution in [0.15, 0.2) is 41.5 Å². The molecule has 7 nitrogen and oxygen atoms in total. The maximum absolute atomic E-state index is 13.7. The van der Waals surface area contributed by atoms with Gasteiger partial charge in [0, 0.05) is 24.5 Å². The molecule has 0 bridgehead atoms. The van der Waals surface area contributed by atoms with Crippen LogP contribution in [-0.2, 0) is 16.1 Å². The maximum atomic E-state index is 13.7. The highest BCUT2D eigenvalue weighted by Gasteiger charge is 2.10. The molecule has 0 fully saturated rings. The fourth-order valence-corrected chi connectivity index (χ4v) is 2.08. The van der Waals surface area contributed by atoms with Crippen LogP contribution in [0.3, 0.4) is 0 Å². The molecule has 1 heterocycles. The van der Waals surface area contributed by atoms with Gasteiger partial charge in [-0.3, -0.25) is 14.2 Å². The number of hydrogen-bond donors (Lipinski definition) is 3. The van der Waals surface area contributed by atoms with E-state index in [1.807, 2.05) is 0 Å². The molecule has 126 valence electrons. The summed E-state index contributed by atoms with van der Waals surface area (Å²) in [6, 6.07) is 5.31. The molecule has 0 atom stereocenters. The van der Waals surface area contributed by atoms with Crippen molar-refractivity contribution in [2.24, 2.45) is 0 Å². The molecular weight excluding hydrogens is 335 g/mol. The largest absolute Gasteiger partial charge is 0.347 e. The Hall–Kier alpha value is -2.68. The van der Waals surface area contributed by atoms with Crippen LogP contribution in [0, 0.1) is 5.82 Å². The van der Waals surface area contributed by atoms with Gasteiger partial charge in [-0.1, -0.05) is 0 Å². The van der Waals surface area contributed by atoms with Gasteiger partial charge in [-0.2, -0.15) is 12.6 Å². The monoisotopic (exact) mass is 350 g/mol. The number of hydrogen-bond acceptors (Lipinski definition) is 5. The summed E-state index contributed by atoms with van der Waals surface area (Å²) in [7, 11) is 0. The van der Waals surface area contributed by atoms with Crippen LogP contribution >= 0.6 is 12.6 Å². The van der Waals surface area contributed by atoms with E-state index in [1.54, 1.807) is 0 Å². The van der Waals surface area contributed by atoms with Gasteiger partial charge in [0.05, 0.1) is 5.69 Å². The minimum absolute atomic E-state index is 0.0434. The van der Waals surface area contributed by atoms with Crippen molar-refractivity contribution >= 4 is 35.8 Å². The van der Waals surface area contributed by atoms with Gasteiger partial charge in [0.2, 0.25) is 11.8 Å². The summed E-state index contributed by atoms with van der Waals surface area (Å²) in [6.07, 6.45) is 2.91. The van der Waals surface area contributed by atoms with E-state index >= 15 is 0 Å². The molecule has 0 saturated carbocycles. The number of amides is 2. The number of anilines is 2. The summed E-state index contributed by atoms with van der Waals surface area (Å²) in [5.41, 5.74) is -0.302. The van der Waals surface area contributed by atoms with Crippen LogP contribution in [0.4, 0.5) is 15.8 Å². The first-order chi connectivity index (χ1) is 11.5. The third-order valence-electron chi connectivity index (χ3n) is 2.96. The number of halogens is 1. The average molecular weight is 350 g/mol. The Morgan fingerprint density at radius 1 is 1.25 bits per heavy atom. The predicted octanol–water partition coefficient (Wildman–Crippen LogP) is 1.28. The Morgan fingerprint density at radius 2 is 2.04 bits per heavy atom. The van der Waals surface area contributed by atoms with Gasteiger partial charge in [0.25, 0.3) is 0 Å². The van der Waals surface area contributed by atoms with Crippen molar-refractivity contribution in [2.75, 3.05) is 16.4 Å². The zero-order valence-corrected chi connectivity index (χ0v) is 13.4. The molecule has 0 unspecified atom stereocenters. The minimum Gasteiger partial charge on any atom is -0.324 e. The fraction of sp³-hybridized carbons (Fsp3) is 0.200. The van der Waals surface area contributed by atoms with Crippen molar-refractivity contribution in [2.45, 2.75) is 13.0 Å². The average Bonchev–Trinajstić information content (AvgIpc) is 2.53. The smallest absolute Gasteiger partial charge is 0.324 e. The number of nitrogens with zero attached hydrogens (tertiary/aromatic N) is 2. The molecule has 1 aromatic carbocycles. The van der Waals surface area contributed by atoms with Crippen LogP contribution in [0.1, 0.15) is 6.42 Å². The lowest BCUT2D eigenvalue weighted by Gasteiger charge is -2.10. The van der Waals surface area contributed by atoms with E-state index in [0.29, 0.717) is 11.4 Å². The highest BCUT2D eigenvalue weighted by molar-refractivity contribution is 7.80. The van der Waals surface area contributed by atoms with E-state index in [0.717, 1.165) is 10.6 Å². The number of nitrogens with one attached hydrogen (secondary N) is 2. The normalized spacial score (nSPS) is 10.2. The number of thiol groups is 1. The Morgan fingerprint density at radius 3 is 2.75 bits per heavy atom. The Balaban J connectivity index is 2.07. The maximum Gasteiger partial charge on any atom is 0.347 e. The van der Waals surface area contributed by atoms with Crippen LogP contribution in [-0.4, -0.2) is 27.1 Å². The molecule has 2 N–H and O–H groups in total. The van der Waals surface area contributed by atoms with Crippen LogP contribution in [0.2, 0.25) is 0 Å². The van der Waals surface area contributed by atoms with Crippen molar-refractivity contribution < 1.29 is 14.0 Å². The molecule has 0 aliphatic heterocycles. The third kappa shape index (κ3) is 4.92. The molecule has 2 aromatic rings.